The minimum absolute atomic E-state index is 0.0311. The number of hydrogen-bond donors (Lipinski definition) is 2. The van der Waals surface area contributed by atoms with Gasteiger partial charge in [-0.3, -0.25) is 9.59 Å². The Labute approximate surface area is 152 Å². The summed E-state index contributed by atoms with van der Waals surface area (Å²) >= 11 is 5.85. The largest absolute Gasteiger partial charge is 0.391 e. The predicted octanol–water partition coefficient (Wildman–Crippen LogP) is 1.15. The van der Waals surface area contributed by atoms with E-state index < -0.39 is 12.2 Å². The summed E-state index contributed by atoms with van der Waals surface area (Å²) in [5, 5.41) is 20.1. The molecule has 25 heavy (non-hydrogen) atoms. The van der Waals surface area contributed by atoms with E-state index >= 15 is 0 Å². The van der Waals surface area contributed by atoms with Crippen molar-refractivity contribution >= 4 is 23.4 Å². The van der Waals surface area contributed by atoms with Gasteiger partial charge in [0.1, 0.15) is 0 Å². The van der Waals surface area contributed by atoms with E-state index in [1.165, 1.54) is 0 Å². The van der Waals surface area contributed by atoms with Crippen LogP contribution in [0.5, 0.6) is 0 Å². The van der Waals surface area contributed by atoms with Crippen LogP contribution in [-0.4, -0.2) is 70.2 Å². The molecule has 0 unspecified atom stereocenters. The molecule has 2 aliphatic rings. The van der Waals surface area contributed by atoms with Gasteiger partial charge in [-0.25, -0.2) is 0 Å². The van der Waals surface area contributed by atoms with Gasteiger partial charge in [-0.2, -0.15) is 0 Å². The monoisotopic (exact) mass is 366 g/mol. The second-order valence-electron chi connectivity index (χ2n) is 6.86. The molecule has 2 aliphatic heterocycles. The highest BCUT2D eigenvalue weighted by Crippen LogP contribution is 2.23. The third-order valence-corrected chi connectivity index (χ3v) is 5.19. The van der Waals surface area contributed by atoms with Gasteiger partial charge < -0.3 is 20.0 Å². The molecular weight excluding hydrogens is 344 g/mol. The van der Waals surface area contributed by atoms with Crippen molar-refractivity contribution in [2.45, 2.75) is 31.5 Å². The maximum Gasteiger partial charge on any atom is 0.253 e. The lowest BCUT2D eigenvalue weighted by atomic mass is 9.93. The van der Waals surface area contributed by atoms with Crippen LogP contribution < -0.4 is 0 Å². The molecule has 0 bridgehead atoms. The molecule has 3 rings (SSSR count). The van der Waals surface area contributed by atoms with E-state index in [9.17, 15) is 19.8 Å². The van der Waals surface area contributed by atoms with Gasteiger partial charge in [-0.1, -0.05) is 11.6 Å². The lowest BCUT2D eigenvalue weighted by Gasteiger charge is -2.38. The first-order valence-corrected chi connectivity index (χ1v) is 9.01. The van der Waals surface area contributed by atoms with Crippen molar-refractivity contribution in [1.29, 1.82) is 0 Å². The molecule has 2 atom stereocenters. The summed E-state index contributed by atoms with van der Waals surface area (Å²) in [5.74, 6) is -0.241. The second kappa shape index (κ2) is 7.72. The molecule has 0 saturated carbocycles. The molecule has 2 N–H and O–H groups in total. The van der Waals surface area contributed by atoms with E-state index in [0.29, 0.717) is 42.9 Å². The summed E-state index contributed by atoms with van der Waals surface area (Å²) in [6.07, 6.45) is 0.179. The zero-order chi connectivity index (χ0) is 18.0. The molecule has 0 radical (unpaired) electrons. The van der Waals surface area contributed by atoms with Crippen LogP contribution in [0.25, 0.3) is 0 Å². The molecule has 7 heteroatoms. The molecule has 6 nitrogen and oxygen atoms in total. The average Bonchev–Trinajstić information content (AvgIpc) is 2.60. The van der Waals surface area contributed by atoms with Gasteiger partial charge in [-0.05, 0) is 37.1 Å². The highest BCUT2D eigenvalue weighted by Gasteiger charge is 2.34. The fraction of sp³-hybridized carbons (Fsp3) is 0.556. The van der Waals surface area contributed by atoms with Gasteiger partial charge in [0.15, 0.2) is 0 Å². The molecule has 2 saturated heterocycles. The summed E-state index contributed by atoms with van der Waals surface area (Å²) in [4.78, 5) is 28.4. The van der Waals surface area contributed by atoms with Crippen molar-refractivity contribution < 1.29 is 19.8 Å². The molecule has 1 aromatic carbocycles. The van der Waals surface area contributed by atoms with Gasteiger partial charge in [0, 0.05) is 49.1 Å². The normalized spacial score (nSPS) is 25.1. The zero-order valence-electron chi connectivity index (χ0n) is 14.0. The first-order chi connectivity index (χ1) is 11.9. The van der Waals surface area contributed by atoms with Crippen LogP contribution >= 0.6 is 11.6 Å². The first-order valence-electron chi connectivity index (χ1n) is 8.64. The standard InChI is InChI=1S/C18H23ClN2O4/c19-14-3-1-12(2-4-14)17(24)20-7-5-13(6-8-20)18(25)21-10-15(22)9-16(23)11-21/h1-4,13,15-16,22-23H,5-11H2/t15-,16-/m1/s1. The fourth-order valence-electron chi connectivity index (χ4n) is 3.59. The molecule has 2 amide bonds. The number of carbonyl (C=O) groups is 2. The smallest absolute Gasteiger partial charge is 0.253 e. The van der Waals surface area contributed by atoms with Crippen LogP contribution in [0.15, 0.2) is 24.3 Å². The van der Waals surface area contributed by atoms with Crippen LogP contribution in [0, 0.1) is 5.92 Å². The zero-order valence-corrected chi connectivity index (χ0v) is 14.7. The Kier molecular flexibility index (Phi) is 5.61. The van der Waals surface area contributed by atoms with Crippen LogP contribution in [0.3, 0.4) is 0 Å². The number of hydrogen-bond acceptors (Lipinski definition) is 4. The maximum absolute atomic E-state index is 12.6. The van der Waals surface area contributed by atoms with E-state index in [4.69, 9.17) is 11.6 Å². The van der Waals surface area contributed by atoms with E-state index in [1.807, 2.05) is 0 Å². The van der Waals surface area contributed by atoms with Gasteiger partial charge in [0.25, 0.3) is 5.91 Å². The molecule has 1 aromatic rings. The lowest BCUT2D eigenvalue weighted by molar-refractivity contribution is -0.143. The molecule has 2 fully saturated rings. The molecular formula is C18H23ClN2O4. The highest BCUT2D eigenvalue weighted by molar-refractivity contribution is 6.30. The van der Waals surface area contributed by atoms with Crippen LogP contribution in [-0.2, 0) is 4.79 Å². The van der Waals surface area contributed by atoms with E-state index in [-0.39, 0.29) is 30.8 Å². The third kappa shape index (κ3) is 4.32. The van der Waals surface area contributed by atoms with E-state index in [1.54, 1.807) is 34.1 Å². The number of nitrogens with zero attached hydrogens (tertiary/aromatic N) is 2. The SMILES string of the molecule is O=C(c1ccc(Cl)cc1)N1CCC(C(=O)N2C[C@H](O)C[C@@H](O)C2)CC1. The van der Waals surface area contributed by atoms with Gasteiger partial charge in [0.2, 0.25) is 5.91 Å². The molecule has 2 heterocycles. The third-order valence-electron chi connectivity index (χ3n) is 4.94. The first kappa shape index (κ1) is 18.2. The molecule has 136 valence electrons. The Morgan fingerprint density at radius 1 is 0.960 bits per heavy atom. The Bertz CT molecular complexity index is 618. The maximum atomic E-state index is 12.6. The number of halogens is 1. The Morgan fingerprint density at radius 3 is 2.08 bits per heavy atom. The number of likely N-dealkylation sites (tertiary alicyclic amines) is 2. The number of aliphatic hydroxyl groups is 2. The average molecular weight is 367 g/mol. The van der Waals surface area contributed by atoms with Gasteiger partial charge in [0.05, 0.1) is 12.2 Å². The van der Waals surface area contributed by atoms with Crippen molar-refractivity contribution in [2.24, 2.45) is 5.92 Å². The van der Waals surface area contributed by atoms with Crippen molar-refractivity contribution in [3.63, 3.8) is 0 Å². The highest BCUT2D eigenvalue weighted by atomic mass is 35.5. The summed E-state index contributed by atoms with van der Waals surface area (Å²) < 4.78 is 0. The van der Waals surface area contributed by atoms with Crippen molar-refractivity contribution in [3.05, 3.63) is 34.9 Å². The van der Waals surface area contributed by atoms with Crippen molar-refractivity contribution in [3.8, 4) is 0 Å². The van der Waals surface area contributed by atoms with Crippen molar-refractivity contribution in [1.82, 2.24) is 9.80 Å². The van der Waals surface area contributed by atoms with Crippen LogP contribution in [0.2, 0.25) is 5.02 Å². The number of rotatable bonds is 2. The Hall–Kier alpha value is -1.63. The van der Waals surface area contributed by atoms with E-state index in [0.717, 1.165) is 0 Å². The Morgan fingerprint density at radius 2 is 1.52 bits per heavy atom. The number of β-amino-alcohol motifs (C(OH)–C–C–N with tert-alkyl or cyclic N) is 2. The number of piperidine rings is 2. The van der Waals surface area contributed by atoms with Crippen molar-refractivity contribution in [2.75, 3.05) is 26.2 Å². The minimum Gasteiger partial charge on any atom is -0.391 e. The van der Waals surface area contributed by atoms with Gasteiger partial charge in [-0.15, -0.1) is 0 Å². The summed E-state index contributed by atoms with van der Waals surface area (Å²) in [6, 6.07) is 6.80. The van der Waals surface area contributed by atoms with E-state index in [2.05, 4.69) is 0 Å². The second-order valence-corrected chi connectivity index (χ2v) is 7.30. The van der Waals surface area contributed by atoms with Crippen LogP contribution in [0.4, 0.5) is 0 Å². The quantitative estimate of drug-likeness (QED) is 0.822. The number of aliphatic hydroxyl groups excluding tert-OH is 2. The molecule has 0 aliphatic carbocycles. The lowest BCUT2D eigenvalue weighted by Crippen LogP contribution is -2.52. The number of benzene rings is 1. The number of amides is 2. The number of carbonyl (C=O) groups excluding carboxylic acids is 2. The minimum atomic E-state index is -0.667. The van der Waals surface area contributed by atoms with Gasteiger partial charge >= 0.3 is 0 Å². The summed E-state index contributed by atoms with van der Waals surface area (Å²) in [5.41, 5.74) is 0.594. The molecule has 0 aromatic heterocycles. The Balaban J connectivity index is 1.55. The topological polar surface area (TPSA) is 81.1 Å². The summed E-state index contributed by atoms with van der Waals surface area (Å²) in [7, 11) is 0. The predicted molar refractivity (Wildman–Crippen MR) is 93.3 cm³/mol. The van der Waals surface area contributed by atoms with Crippen LogP contribution in [0.1, 0.15) is 29.6 Å². The molecule has 0 spiro atoms. The summed E-state index contributed by atoms with van der Waals surface area (Å²) in [6.45, 7) is 1.60. The fourth-order valence-corrected chi connectivity index (χ4v) is 3.72.